The van der Waals surface area contributed by atoms with Crippen LogP contribution in [-0.4, -0.2) is 25.1 Å². The fourth-order valence-corrected chi connectivity index (χ4v) is 1.85. The van der Waals surface area contributed by atoms with E-state index in [-0.39, 0.29) is 0 Å². The van der Waals surface area contributed by atoms with Gasteiger partial charge >= 0.3 is 0 Å². The van der Waals surface area contributed by atoms with E-state index in [9.17, 15) is 5.11 Å². The van der Waals surface area contributed by atoms with Gasteiger partial charge in [-0.05, 0) is 36.8 Å². The number of fused-ring (bicyclic) bond motifs is 1. The van der Waals surface area contributed by atoms with Crippen molar-refractivity contribution in [2.75, 3.05) is 0 Å². The van der Waals surface area contributed by atoms with Crippen LogP contribution in [0.2, 0.25) is 0 Å². The number of para-hydroxylation sites is 1. The maximum Gasteiger partial charge on any atom is 0.156 e. The van der Waals surface area contributed by atoms with Crippen LogP contribution < -0.4 is 0 Å². The molecule has 0 radical (unpaired) electrons. The molecule has 5 heteroatoms. The lowest BCUT2D eigenvalue weighted by Gasteiger charge is -2.06. The molecule has 90 valence electrons. The first-order valence-corrected chi connectivity index (χ1v) is 5.70. The molecule has 1 atom stereocenters. The Bertz CT molecular complexity index is 690. The van der Waals surface area contributed by atoms with E-state index in [2.05, 4.69) is 15.3 Å². The fraction of sp³-hybridized carbons (Fsp3) is 0.154. The van der Waals surface area contributed by atoms with Crippen molar-refractivity contribution in [1.82, 2.24) is 20.0 Å². The third kappa shape index (κ3) is 1.74. The molecule has 0 spiro atoms. The zero-order valence-corrected chi connectivity index (χ0v) is 9.85. The average molecular weight is 240 g/mol. The molecule has 1 N–H and O–H groups in total. The van der Waals surface area contributed by atoms with E-state index in [0.29, 0.717) is 5.82 Å². The molecular formula is C13H12N4O. The summed E-state index contributed by atoms with van der Waals surface area (Å²) in [6, 6.07) is 11.3. The Morgan fingerprint density at radius 1 is 1.22 bits per heavy atom. The van der Waals surface area contributed by atoms with Crippen molar-refractivity contribution in [3.8, 4) is 5.82 Å². The van der Waals surface area contributed by atoms with Crippen molar-refractivity contribution in [3.63, 3.8) is 0 Å². The SMILES string of the molecule is C[C@H](O)c1ccnc(-n2nnc3ccccc32)c1. The highest BCUT2D eigenvalue weighted by molar-refractivity contribution is 5.75. The molecule has 2 heterocycles. The highest BCUT2D eigenvalue weighted by Gasteiger charge is 2.08. The van der Waals surface area contributed by atoms with Gasteiger partial charge in [0.2, 0.25) is 0 Å². The molecule has 3 rings (SSSR count). The summed E-state index contributed by atoms with van der Waals surface area (Å²) < 4.78 is 1.67. The van der Waals surface area contributed by atoms with Crippen molar-refractivity contribution in [1.29, 1.82) is 0 Å². The average Bonchev–Trinajstić information content (AvgIpc) is 2.82. The molecule has 0 aliphatic rings. The van der Waals surface area contributed by atoms with Crippen LogP contribution in [0.5, 0.6) is 0 Å². The van der Waals surface area contributed by atoms with E-state index in [1.54, 1.807) is 23.9 Å². The Kier molecular flexibility index (Phi) is 2.53. The standard InChI is InChI=1S/C13H12N4O/c1-9(18)10-6-7-14-13(8-10)17-12-5-3-2-4-11(12)15-16-17/h2-9,18H,1H3/t9-/m0/s1. The summed E-state index contributed by atoms with van der Waals surface area (Å²) in [4.78, 5) is 4.26. The number of aliphatic hydroxyl groups excluding tert-OH is 1. The van der Waals surface area contributed by atoms with Gasteiger partial charge in [0, 0.05) is 6.20 Å². The number of nitrogens with zero attached hydrogens (tertiary/aromatic N) is 4. The first kappa shape index (κ1) is 10.9. The van der Waals surface area contributed by atoms with E-state index >= 15 is 0 Å². The lowest BCUT2D eigenvalue weighted by molar-refractivity contribution is 0.199. The number of aromatic nitrogens is 4. The fourth-order valence-electron chi connectivity index (χ4n) is 1.85. The summed E-state index contributed by atoms with van der Waals surface area (Å²) in [5.74, 6) is 0.655. The molecule has 2 aromatic heterocycles. The molecule has 0 aliphatic heterocycles. The molecule has 0 saturated carbocycles. The van der Waals surface area contributed by atoms with Gasteiger partial charge in [0.05, 0.1) is 11.6 Å². The summed E-state index contributed by atoms with van der Waals surface area (Å²) in [6.07, 6.45) is 1.13. The first-order chi connectivity index (χ1) is 8.75. The zero-order valence-electron chi connectivity index (χ0n) is 9.85. The van der Waals surface area contributed by atoms with E-state index < -0.39 is 6.10 Å². The monoisotopic (exact) mass is 240 g/mol. The molecule has 0 aliphatic carbocycles. The van der Waals surface area contributed by atoms with Crippen molar-refractivity contribution >= 4 is 11.0 Å². The van der Waals surface area contributed by atoms with Crippen LogP contribution in [0.1, 0.15) is 18.6 Å². The van der Waals surface area contributed by atoms with Gasteiger partial charge in [-0.3, -0.25) is 0 Å². The minimum Gasteiger partial charge on any atom is -0.389 e. The van der Waals surface area contributed by atoms with Crippen LogP contribution in [0.25, 0.3) is 16.9 Å². The number of hydrogen-bond donors (Lipinski definition) is 1. The lowest BCUT2D eigenvalue weighted by Crippen LogP contribution is -2.01. The topological polar surface area (TPSA) is 63.8 Å². The third-order valence-electron chi connectivity index (χ3n) is 2.82. The first-order valence-electron chi connectivity index (χ1n) is 5.70. The van der Waals surface area contributed by atoms with Crippen LogP contribution in [0, 0.1) is 0 Å². The summed E-state index contributed by atoms with van der Waals surface area (Å²) >= 11 is 0. The zero-order chi connectivity index (χ0) is 12.5. The van der Waals surface area contributed by atoms with Crippen molar-refractivity contribution in [3.05, 3.63) is 48.2 Å². The summed E-state index contributed by atoms with van der Waals surface area (Å²) in [7, 11) is 0. The Morgan fingerprint density at radius 2 is 2.06 bits per heavy atom. The van der Waals surface area contributed by atoms with Gasteiger partial charge < -0.3 is 5.11 Å². The largest absolute Gasteiger partial charge is 0.389 e. The molecule has 5 nitrogen and oxygen atoms in total. The smallest absolute Gasteiger partial charge is 0.156 e. The quantitative estimate of drug-likeness (QED) is 0.742. The molecule has 0 fully saturated rings. The molecule has 0 unspecified atom stereocenters. The number of aliphatic hydroxyl groups is 1. The number of hydrogen-bond acceptors (Lipinski definition) is 4. The van der Waals surface area contributed by atoms with Crippen molar-refractivity contribution < 1.29 is 5.11 Å². The van der Waals surface area contributed by atoms with Gasteiger partial charge in [0.15, 0.2) is 5.82 Å². The Balaban J connectivity index is 2.17. The third-order valence-corrected chi connectivity index (χ3v) is 2.82. The molecule has 0 amide bonds. The molecule has 3 aromatic rings. The van der Waals surface area contributed by atoms with E-state index in [1.807, 2.05) is 30.3 Å². The van der Waals surface area contributed by atoms with Crippen LogP contribution in [0.3, 0.4) is 0 Å². The van der Waals surface area contributed by atoms with E-state index in [0.717, 1.165) is 16.6 Å². The molecule has 1 aromatic carbocycles. The number of rotatable bonds is 2. The maximum absolute atomic E-state index is 9.59. The highest BCUT2D eigenvalue weighted by atomic mass is 16.3. The number of benzene rings is 1. The highest BCUT2D eigenvalue weighted by Crippen LogP contribution is 2.17. The van der Waals surface area contributed by atoms with Crippen molar-refractivity contribution in [2.45, 2.75) is 13.0 Å². The predicted octanol–water partition coefficient (Wildman–Crippen LogP) is 1.87. The van der Waals surface area contributed by atoms with Gasteiger partial charge in [0.1, 0.15) is 5.52 Å². The summed E-state index contributed by atoms with van der Waals surface area (Å²) in [5, 5.41) is 17.8. The minimum absolute atomic E-state index is 0.526. The molecule has 18 heavy (non-hydrogen) atoms. The van der Waals surface area contributed by atoms with Gasteiger partial charge in [-0.25, -0.2) is 4.98 Å². The van der Waals surface area contributed by atoms with Gasteiger partial charge in [-0.1, -0.05) is 17.3 Å². The van der Waals surface area contributed by atoms with Crippen LogP contribution in [0.4, 0.5) is 0 Å². The summed E-state index contributed by atoms with van der Waals surface area (Å²) in [6.45, 7) is 1.72. The van der Waals surface area contributed by atoms with Crippen LogP contribution in [0.15, 0.2) is 42.6 Å². The van der Waals surface area contributed by atoms with Crippen LogP contribution in [-0.2, 0) is 0 Å². The van der Waals surface area contributed by atoms with E-state index in [1.165, 1.54) is 0 Å². The minimum atomic E-state index is -0.526. The molecular weight excluding hydrogens is 228 g/mol. The lowest BCUT2D eigenvalue weighted by atomic mass is 10.2. The Hall–Kier alpha value is -2.27. The second-order valence-corrected chi connectivity index (χ2v) is 4.11. The molecule has 0 saturated heterocycles. The predicted molar refractivity (Wildman–Crippen MR) is 67.3 cm³/mol. The van der Waals surface area contributed by atoms with Crippen LogP contribution >= 0.6 is 0 Å². The maximum atomic E-state index is 9.59. The summed E-state index contributed by atoms with van der Waals surface area (Å²) in [5.41, 5.74) is 2.52. The second kappa shape index (κ2) is 4.19. The van der Waals surface area contributed by atoms with Gasteiger partial charge in [-0.15, -0.1) is 5.10 Å². The Labute approximate surface area is 104 Å². The van der Waals surface area contributed by atoms with E-state index in [4.69, 9.17) is 0 Å². The molecule has 0 bridgehead atoms. The Morgan fingerprint density at radius 3 is 2.89 bits per heavy atom. The van der Waals surface area contributed by atoms with Gasteiger partial charge in [0.25, 0.3) is 0 Å². The normalized spacial score (nSPS) is 12.8. The number of pyridine rings is 1. The van der Waals surface area contributed by atoms with Crippen molar-refractivity contribution in [2.24, 2.45) is 0 Å². The second-order valence-electron chi connectivity index (χ2n) is 4.11. The van der Waals surface area contributed by atoms with Gasteiger partial charge in [-0.2, -0.15) is 4.68 Å².